The normalized spacial score (nSPS) is 12.1. The molecular formula is C25H17FN3+. The highest BCUT2D eigenvalue weighted by molar-refractivity contribution is 6.27. The first kappa shape index (κ1) is 16.3. The van der Waals surface area contributed by atoms with Crippen LogP contribution in [0.1, 0.15) is 16.7 Å². The summed E-state index contributed by atoms with van der Waals surface area (Å²) in [6.07, 6.45) is 1.98. The third-order valence-electron chi connectivity index (χ3n) is 6.44. The lowest BCUT2D eigenvalue weighted by molar-refractivity contribution is -0.643. The van der Waals surface area contributed by atoms with E-state index in [9.17, 15) is 9.65 Å². The molecule has 0 aliphatic rings. The molecule has 0 unspecified atom stereocenters. The number of hydrogen-bond acceptors (Lipinski definition) is 1. The Labute approximate surface area is 166 Å². The Balaban J connectivity index is 2.19. The predicted octanol–water partition coefficient (Wildman–Crippen LogP) is 5.44. The first-order valence-electron chi connectivity index (χ1n) is 9.62. The van der Waals surface area contributed by atoms with E-state index >= 15 is 0 Å². The van der Waals surface area contributed by atoms with Gasteiger partial charge in [-0.2, -0.15) is 5.26 Å². The van der Waals surface area contributed by atoms with Gasteiger partial charge in [0.1, 0.15) is 18.9 Å². The highest BCUT2D eigenvalue weighted by Crippen LogP contribution is 2.43. The van der Waals surface area contributed by atoms with Crippen molar-refractivity contribution in [2.75, 3.05) is 0 Å². The van der Waals surface area contributed by atoms with Crippen molar-refractivity contribution in [1.29, 1.82) is 5.26 Å². The van der Waals surface area contributed by atoms with Gasteiger partial charge in [-0.05, 0) is 48.6 Å². The summed E-state index contributed by atoms with van der Waals surface area (Å²) in [6.45, 7) is 4.11. The Morgan fingerprint density at radius 3 is 2.55 bits per heavy atom. The number of aryl methyl sites for hydroxylation is 2. The van der Waals surface area contributed by atoms with E-state index in [2.05, 4.69) is 34.1 Å². The third-order valence-corrected chi connectivity index (χ3v) is 6.44. The number of aromatic nitrogens is 2. The Kier molecular flexibility index (Phi) is 2.92. The summed E-state index contributed by atoms with van der Waals surface area (Å²) >= 11 is 0. The zero-order chi connectivity index (χ0) is 20.0. The Bertz CT molecular complexity index is 1700. The number of para-hydroxylation sites is 1. The molecule has 29 heavy (non-hydrogen) atoms. The second-order valence-corrected chi connectivity index (χ2v) is 7.85. The molecule has 3 aromatic heterocycles. The molecule has 6 rings (SSSR count). The van der Waals surface area contributed by atoms with E-state index in [1.54, 1.807) is 12.1 Å². The molecule has 0 aliphatic carbocycles. The van der Waals surface area contributed by atoms with Crippen LogP contribution in [-0.2, 0) is 7.05 Å². The van der Waals surface area contributed by atoms with Crippen LogP contribution in [-0.4, -0.2) is 4.40 Å². The van der Waals surface area contributed by atoms with E-state index in [4.69, 9.17) is 0 Å². The molecule has 3 heterocycles. The fourth-order valence-corrected chi connectivity index (χ4v) is 5.07. The van der Waals surface area contributed by atoms with Gasteiger partial charge in [-0.1, -0.05) is 18.2 Å². The molecule has 6 aromatic rings. The minimum atomic E-state index is -0.258. The number of fused-ring (bicyclic) bond motifs is 5. The maximum absolute atomic E-state index is 14.6. The first-order chi connectivity index (χ1) is 14.0. The van der Waals surface area contributed by atoms with E-state index in [1.165, 1.54) is 0 Å². The number of hydrogen-bond donors (Lipinski definition) is 0. The van der Waals surface area contributed by atoms with E-state index < -0.39 is 0 Å². The minimum Gasteiger partial charge on any atom is -0.307 e. The van der Waals surface area contributed by atoms with Gasteiger partial charge in [0.2, 0.25) is 5.52 Å². The van der Waals surface area contributed by atoms with Gasteiger partial charge in [0.25, 0.3) is 0 Å². The number of benzene rings is 3. The summed E-state index contributed by atoms with van der Waals surface area (Å²) < 4.78 is 18.9. The predicted molar refractivity (Wildman–Crippen MR) is 114 cm³/mol. The highest BCUT2D eigenvalue weighted by Gasteiger charge is 2.27. The monoisotopic (exact) mass is 378 g/mol. The van der Waals surface area contributed by atoms with Gasteiger partial charge in [0, 0.05) is 16.8 Å². The second kappa shape index (κ2) is 5.21. The molecule has 3 nitrogen and oxygen atoms in total. The van der Waals surface area contributed by atoms with Gasteiger partial charge >= 0.3 is 0 Å². The Hall–Kier alpha value is -3.71. The van der Waals surface area contributed by atoms with Crippen molar-refractivity contribution in [2.24, 2.45) is 7.05 Å². The quantitative estimate of drug-likeness (QED) is 0.197. The number of nitrogens with zero attached hydrogens (tertiary/aromatic N) is 3. The standard InChI is InChI=1S/C25H17FN3/c1-13-14(2)21-24-22-15(8-9-28(24)3)10-16(26)11-20(22)29-19-7-5-4-6-17(19)23(25(21)29)18(13)12-27/h4-11H,1-3H3/q+1. The molecule has 0 aliphatic heterocycles. The summed E-state index contributed by atoms with van der Waals surface area (Å²) in [5.41, 5.74) is 6.68. The number of pyridine rings is 2. The van der Waals surface area contributed by atoms with Crippen molar-refractivity contribution in [2.45, 2.75) is 13.8 Å². The van der Waals surface area contributed by atoms with Crippen molar-refractivity contribution in [3.8, 4) is 6.07 Å². The molecule has 0 radical (unpaired) electrons. The van der Waals surface area contributed by atoms with Crippen LogP contribution in [0.5, 0.6) is 0 Å². The summed E-state index contributed by atoms with van der Waals surface area (Å²) in [7, 11) is 2.03. The van der Waals surface area contributed by atoms with E-state index in [1.807, 2.05) is 38.4 Å². The Morgan fingerprint density at radius 2 is 1.76 bits per heavy atom. The molecule has 0 saturated heterocycles. The van der Waals surface area contributed by atoms with Gasteiger partial charge < -0.3 is 4.40 Å². The summed E-state index contributed by atoms with van der Waals surface area (Å²) in [5, 5.41) is 15.0. The van der Waals surface area contributed by atoms with Crippen molar-refractivity contribution in [3.05, 3.63) is 71.2 Å². The molecule has 3 aromatic carbocycles. The van der Waals surface area contributed by atoms with E-state index in [0.717, 1.165) is 60.1 Å². The zero-order valence-electron chi connectivity index (χ0n) is 16.3. The molecule has 4 heteroatoms. The van der Waals surface area contributed by atoms with Gasteiger partial charge in [-0.3, -0.25) is 0 Å². The molecule has 0 fully saturated rings. The molecule has 0 spiro atoms. The van der Waals surface area contributed by atoms with Crippen LogP contribution in [0.2, 0.25) is 0 Å². The van der Waals surface area contributed by atoms with Crippen LogP contribution in [0.15, 0.2) is 48.7 Å². The SMILES string of the molecule is Cc1c(C#N)c2c3ccccc3n3c4cc(F)cc5cc[n+](C)c(c(c1C)c23)c54. The van der Waals surface area contributed by atoms with Gasteiger partial charge in [0.15, 0.2) is 6.20 Å². The molecule has 0 saturated carbocycles. The minimum absolute atomic E-state index is 0.258. The number of halogens is 1. The van der Waals surface area contributed by atoms with Crippen molar-refractivity contribution < 1.29 is 8.96 Å². The molecule has 0 N–H and O–H groups in total. The van der Waals surface area contributed by atoms with Crippen LogP contribution in [0.25, 0.3) is 49.0 Å². The van der Waals surface area contributed by atoms with Crippen molar-refractivity contribution in [1.82, 2.24) is 4.40 Å². The van der Waals surface area contributed by atoms with Crippen LogP contribution in [0.4, 0.5) is 4.39 Å². The van der Waals surface area contributed by atoms with Crippen molar-refractivity contribution >= 4 is 49.0 Å². The highest BCUT2D eigenvalue weighted by atomic mass is 19.1. The molecular weight excluding hydrogens is 361 g/mol. The van der Waals surface area contributed by atoms with Gasteiger partial charge in [-0.15, -0.1) is 0 Å². The first-order valence-corrected chi connectivity index (χ1v) is 9.62. The summed E-state index contributed by atoms with van der Waals surface area (Å²) in [5.74, 6) is -0.258. The largest absolute Gasteiger partial charge is 0.307 e. The topological polar surface area (TPSA) is 32.1 Å². The van der Waals surface area contributed by atoms with Gasteiger partial charge in [-0.25, -0.2) is 8.96 Å². The lowest BCUT2D eigenvalue weighted by Gasteiger charge is -2.15. The number of rotatable bonds is 0. The maximum Gasteiger partial charge on any atom is 0.224 e. The van der Waals surface area contributed by atoms with Gasteiger partial charge in [0.05, 0.1) is 32.9 Å². The van der Waals surface area contributed by atoms with Crippen molar-refractivity contribution in [3.63, 3.8) is 0 Å². The molecule has 0 amide bonds. The molecule has 138 valence electrons. The fourth-order valence-electron chi connectivity index (χ4n) is 5.07. The second-order valence-electron chi connectivity index (χ2n) is 7.85. The van der Waals surface area contributed by atoms with E-state index in [0.29, 0.717) is 5.56 Å². The summed E-state index contributed by atoms with van der Waals surface area (Å²) in [6, 6.07) is 15.7. The van der Waals surface area contributed by atoms with Crippen LogP contribution < -0.4 is 4.57 Å². The average molecular weight is 378 g/mol. The zero-order valence-corrected chi connectivity index (χ0v) is 16.3. The molecule has 0 atom stereocenters. The number of nitriles is 1. The average Bonchev–Trinajstić information content (AvgIpc) is 3.05. The summed E-state index contributed by atoms with van der Waals surface area (Å²) in [4.78, 5) is 0. The van der Waals surface area contributed by atoms with Crippen LogP contribution >= 0.6 is 0 Å². The maximum atomic E-state index is 14.6. The van der Waals surface area contributed by atoms with Crippen LogP contribution in [0.3, 0.4) is 0 Å². The fraction of sp³-hybridized carbons (Fsp3) is 0.120. The smallest absolute Gasteiger partial charge is 0.224 e. The van der Waals surface area contributed by atoms with Crippen LogP contribution in [0, 0.1) is 31.0 Å². The van der Waals surface area contributed by atoms with E-state index in [-0.39, 0.29) is 5.82 Å². The lowest BCUT2D eigenvalue weighted by atomic mass is 9.92. The third kappa shape index (κ3) is 1.78. The Morgan fingerprint density at radius 1 is 0.966 bits per heavy atom. The lowest BCUT2D eigenvalue weighted by Crippen LogP contribution is -2.29. The molecule has 0 bridgehead atoms.